The summed E-state index contributed by atoms with van der Waals surface area (Å²) in [6.07, 6.45) is -4.82. The van der Waals surface area contributed by atoms with Gasteiger partial charge in [0.05, 0.1) is 28.9 Å². The molecule has 1 fully saturated rings. The highest BCUT2D eigenvalue weighted by Crippen LogP contribution is 2.28. The molecule has 4 rings (SSSR count). The normalized spacial score (nSPS) is 24.2. The second-order valence-electron chi connectivity index (χ2n) is 7.05. The van der Waals surface area contributed by atoms with Gasteiger partial charge in [-0.05, 0) is 47.1 Å². The van der Waals surface area contributed by atoms with Crippen molar-refractivity contribution in [2.75, 3.05) is 11.9 Å². The summed E-state index contributed by atoms with van der Waals surface area (Å²) >= 11 is 6.86. The number of nitrogens with one attached hydrogen (secondary N) is 1. The molecule has 1 aliphatic heterocycles. The Bertz CT molecular complexity index is 1170. The van der Waals surface area contributed by atoms with Gasteiger partial charge in [-0.1, -0.05) is 28.1 Å². The monoisotopic (exact) mass is 539 g/mol. The van der Waals surface area contributed by atoms with E-state index in [1.165, 1.54) is 4.57 Å². The zero-order valence-corrected chi connectivity index (χ0v) is 19.0. The first-order valence-electron chi connectivity index (χ1n) is 9.18. The number of anilines is 1. The zero-order valence-electron chi connectivity index (χ0n) is 15.8. The number of para-hydroxylation sites is 2. The lowest BCUT2D eigenvalue weighted by Crippen LogP contribution is -2.55. The van der Waals surface area contributed by atoms with E-state index >= 15 is 0 Å². The van der Waals surface area contributed by atoms with Crippen molar-refractivity contribution < 1.29 is 20.1 Å². The number of hydrogen-bond donors (Lipinski definition) is 4. The molecule has 2 aromatic carbocycles. The third-order valence-corrected chi connectivity index (χ3v) is 6.06. The molecule has 8 nitrogen and oxygen atoms in total. The minimum absolute atomic E-state index is 0.128. The Morgan fingerprint density at radius 3 is 2.67 bits per heavy atom. The minimum Gasteiger partial charge on any atom is -0.388 e. The van der Waals surface area contributed by atoms with E-state index in [4.69, 9.17) is 4.74 Å². The van der Waals surface area contributed by atoms with Crippen LogP contribution in [0.4, 0.5) is 5.69 Å². The van der Waals surface area contributed by atoms with Gasteiger partial charge in [-0.15, -0.1) is 0 Å². The highest BCUT2D eigenvalue weighted by atomic mass is 79.9. The maximum atomic E-state index is 13.4. The summed E-state index contributed by atoms with van der Waals surface area (Å²) in [6.45, 7) is 1.61. The molecule has 0 amide bonds. The summed E-state index contributed by atoms with van der Waals surface area (Å²) in [4.78, 5) is 17.9. The second-order valence-corrected chi connectivity index (χ2v) is 8.82. The molecule has 4 atom stereocenters. The van der Waals surface area contributed by atoms with Crippen molar-refractivity contribution in [3.05, 3.63) is 61.5 Å². The molecule has 4 N–H and O–H groups in total. The van der Waals surface area contributed by atoms with Crippen LogP contribution in [0.15, 0.2) is 50.1 Å². The van der Waals surface area contributed by atoms with Crippen LogP contribution in [-0.2, 0) is 4.74 Å². The van der Waals surface area contributed by atoms with E-state index < -0.39 is 24.5 Å². The fraction of sp³-hybridized carbons (Fsp3) is 0.300. The van der Waals surface area contributed by atoms with Gasteiger partial charge in [-0.25, -0.2) is 4.98 Å². The van der Waals surface area contributed by atoms with Crippen molar-refractivity contribution in [3.63, 3.8) is 0 Å². The molecule has 30 heavy (non-hydrogen) atoms. The number of aryl methyl sites for hydroxylation is 1. The summed E-state index contributed by atoms with van der Waals surface area (Å²) in [5.74, 6) is 0.477. The van der Waals surface area contributed by atoms with Crippen LogP contribution in [0.25, 0.3) is 16.6 Å². The first kappa shape index (κ1) is 21.4. The van der Waals surface area contributed by atoms with E-state index in [1.807, 2.05) is 6.07 Å². The largest absolute Gasteiger partial charge is 0.388 e. The van der Waals surface area contributed by atoms with Crippen LogP contribution in [0, 0.1) is 6.92 Å². The van der Waals surface area contributed by atoms with Gasteiger partial charge in [0.15, 0.2) is 6.23 Å². The molecule has 2 heterocycles. The lowest BCUT2D eigenvalue weighted by atomic mass is 10.0. The van der Waals surface area contributed by atoms with Gasteiger partial charge in [-0.3, -0.25) is 9.36 Å². The third-order valence-electron chi connectivity index (χ3n) is 5.00. The van der Waals surface area contributed by atoms with E-state index in [0.717, 1.165) is 4.47 Å². The van der Waals surface area contributed by atoms with Crippen LogP contribution in [-0.4, -0.2) is 56.0 Å². The molecule has 1 aromatic heterocycles. The van der Waals surface area contributed by atoms with Crippen LogP contribution in [0.3, 0.4) is 0 Å². The third kappa shape index (κ3) is 3.79. The predicted octanol–water partition coefficient (Wildman–Crippen LogP) is 2.07. The van der Waals surface area contributed by atoms with E-state index in [9.17, 15) is 20.1 Å². The molecule has 1 aliphatic rings. The highest BCUT2D eigenvalue weighted by Gasteiger charge is 2.37. The van der Waals surface area contributed by atoms with E-state index in [-0.39, 0.29) is 12.2 Å². The SMILES string of the molecule is Cc1nc2c(Br)cc(Br)cc2c(=O)n1-c1ccccc1N[C@@H]1OC[C@@H](O)[C@@H](O)[C@H]1O. The number of aliphatic hydroxyl groups excluding tert-OH is 3. The molecular formula is C20H19Br2N3O5. The van der Waals surface area contributed by atoms with Crippen LogP contribution in [0.5, 0.6) is 0 Å². The van der Waals surface area contributed by atoms with Crippen molar-refractivity contribution in [2.45, 2.75) is 31.5 Å². The van der Waals surface area contributed by atoms with Gasteiger partial charge >= 0.3 is 0 Å². The first-order valence-corrected chi connectivity index (χ1v) is 10.8. The smallest absolute Gasteiger partial charge is 0.266 e. The predicted molar refractivity (Wildman–Crippen MR) is 119 cm³/mol. The van der Waals surface area contributed by atoms with Crippen LogP contribution >= 0.6 is 31.9 Å². The Labute approximate surface area is 188 Å². The van der Waals surface area contributed by atoms with Gasteiger partial charge in [0.1, 0.15) is 24.1 Å². The molecular weight excluding hydrogens is 522 g/mol. The van der Waals surface area contributed by atoms with Crippen molar-refractivity contribution in [1.82, 2.24) is 9.55 Å². The maximum absolute atomic E-state index is 13.4. The average molecular weight is 541 g/mol. The molecule has 0 spiro atoms. The number of ether oxygens (including phenoxy) is 1. The number of benzene rings is 2. The number of aromatic nitrogens is 2. The van der Waals surface area contributed by atoms with E-state index in [2.05, 4.69) is 42.2 Å². The average Bonchev–Trinajstić information content (AvgIpc) is 2.70. The standard InChI is InChI=1S/C20H19Br2N3O5/c1-9-23-16-11(6-10(21)7-12(16)22)20(29)25(9)14-5-3-2-4-13(14)24-19-18(28)17(27)15(26)8-30-19/h2-7,15,17-19,24,26-28H,8H2,1H3/t15-,17-,18-,19-/m1/s1. The van der Waals surface area contributed by atoms with Crippen molar-refractivity contribution >= 4 is 48.5 Å². The maximum Gasteiger partial charge on any atom is 0.266 e. The molecule has 0 unspecified atom stereocenters. The molecule has 0 saturated carbocycles. The number of aliphatic hydroxyl groups is 3. The molecule has 1 saturated heterocycles. The zero-order chi connectivity index (χ0) is 21.6. The fourth-order valence-electron chi connectivity index (χ4n) is 3.48. The first-order chi connectivity index (χ1) is 14.3. The molecule has 10 heteroatoms. The molecule has 3 aromatic rings. The number of rotatable bonds is 3. The number of halogens is 2. The summed E-state index contributed by atoms with van der Waals surface area (Å²) < 4.78 is 8.37. The molecule has 0 aliphatic carbocycles. The van der Waals surface area contributed by atoms with Crippen LogP contribution in [0.1, 0.15) is 5.82 Å². The van der Waals surface area contributed by atoms with E-state index in [1.54, 1.807) is 37.3 Å². The van der Waals surface area contributed by atoms with Gasteiger partial charge in [0, 0.05) is 8.95 Å². The summed E-state index contributed by atoms with van der Waals surface area (Å²) in [5.41, 5.74) is 1.33. The molecule has 0 bridgehead atoms. The summed E-state index contributed by atoms with van der Waals surface area (Å²) in [7, 11) is 0. The summed E-state index contributed by atoms with van der Waals surface area (Å²) in [6, 6.07) is 10.6. The van der Waals surface area contributed by atoms with Gasteiger partial charge in [0.2, 0.25) is 0 Å². The second kappa shape index (κ2) is 8.37. The topological polar surface area (TPSA) is 117 Å². The van der Waals surface area contributed by atoms with Crippen LogP contribution < -0.4 is 10.9 Å². The quantitative estimate of drug-likeness (QED) is 0.402. The van der Waals surface area contributed by atoms with E-state index in [0.29, 0.717) is 32.6 Å². The number of nitrogens with zero attached hydrogens (tertiary/aromatic N) is 2. The Balaban J connectivity index is 1.81. The lowest BCUT2D eigenvalue weighted by molar-refractivity contribution is -0.178. The fourth-order valence-corrected chi connectivity index (χ4v) is 4.80. The molecule has 158 valence electrons. The summed E-state index contributed by atoms with van der Waals surface area (Å²) in [5, 5.41) is 33.3. The minimum atomic E-state index is -1.35. The van der Waals surface area contributed by atoms with Crippen LogP contribution in [0.2, 0.25) is 0 Å². The van der Waals surface area contributed by atoms with Crippen molar-refractivity contribution in [1.29, 1.82) is 0 Å². The highest BCUT2D eigenvalue weighted by molar-refractivity contribution is 9.11. The Hall–Kier alpha value is -1.82. The van der Waals surface area contributed by atoms with Gasteiger partial charge in [-0.2, -0.15) is 0 Å². The van der Waals surface area contributed by atoms with Gasteiger partial charge < -0.3 is 25.4 Å². The Morgan fingerprint density at radius 1 is 1.17 bits per heavy atom. The molecule has 0 radical (unpaired) electrons. The van der Waals surface area contributed by atoms with Gasteiger partial charge in [0.25, 0.3) is 5.56 Å². The Kier molecular flexibility index (Phi) is 5.97. The van der Waals surface area contributed by atoms with Crippen molar-refractivity contribution in [3.8, 4) is 5.69 Å². The Morgan fingerprint density at radius 2 is 1.90 bits per heavy atom. The number of fused-ring (bicyclic) bond motifs is 1. The number of hydrogen-bond acceptors (Lipinski definition) is 7. The lowest BCUT2D eigenvalue weighted by Gasteiger charge is -2.36. The van der Waals surface area contributed by atoms with Crippen molar-refractivity contribution in [2.24, 2.45) is 0 Å².